The molecule has 2 amide bonds. The quantitative estimate of drug-likeness (QED) is 0.840. The third-order valence-electron chi connectivity index (χ3n) is 3.77. The molecule has 1 aromatic carbocycles. The zero-order chi connectivity index (χ0) is 15.5. The second-order valence-electron chi connectivity index (χ2n) is 5.23. The van der Waals surface area contributed by atoms with Gasteiger partial charge in [-0.1, -0.05) is 12.1 Å². The van der Waals surface area contributed by atoms with Gasteiger partial charge in [0.15, 0.2) is 0 Å². The second kappa shape index (κ2) is 6.66. The molecule has 0 aromatic heterocycles. The number of morpholine rings is 1. The molecule has 0 saturated carbocycles. The molecule has 0 unspecified atom stereocenters. The molecule has 0 radical (unpaired) electrons. The number of carbonyl (C=O) groups excluding carboxylic acids is 2. The summed E-state index contributed by atoms with van der Waals surface area (Å²) in [7, 11) is 0. The largest absolute Gasteiger partial charge is 0.378 e. The summed E-state index contributed by atoms with van der Waals surface area (Å²) in [6, 6.07) is 6.19. The van der Waals surface area contributed by atoms with Crippen LogP contribution < -0.4 is 0 Å². The van der Waals surface area contributed by atoms with Crippen LogP contribution in [-0.2, 0) is 14.3 Å². The maximum absolute atomic E-state index is 13.4. The average molecular weight is 324 g/mol. The Labute approximate surface area is 132 Å². The molecule has 2 fully saturated rings. The smallest absolute Gasteiger partial charge is 0.242 e. The summed E-state index contributed by atoms with van der Waals surface area (Å²) in [6.45, 7) is 2.20. The van der Waals surface area contributed by atoms with E-state index in [-0.39, 0.29) is 29.6 Å². The highest BCUT2D eigenvalue weighted by Gasteiger charge is 2.35. The van der Waals surface area contributed by atoms with Gasteiger partial charge in [0.2, 0.25) is 11.8 Å². The van der Waals surface area contributed by atoms with Crippen LogP contribution in [0, 0.1) is 5.82 Å². The summed E-state index contributed by atoms with van der Waals surface area (Å²) in [6.07, 6.45) is 0. The fraction of sp³-hybridized carbons (Fsp3) is 0.467. The topological polar surface area (TPSA) is 49.9 Å². The van der Waals surface area contributed by atoms with Gasteiger partial charge >= 0.3 is 0 Å². The van der Waals surface area contributed by atoms with E-state index in [0.29, 0.717) is 37.6 Å². The molecule has 2 aliphatic rings. The standard InChI is InChI=1S/C15H17FN2O3S/c16-12-3-1-2-11(8-12)15-18(14(20)10-22-15)9-13(19)17-4-6-21-7-5-17/h1-3,8,15H,4-7,9-10H2/t15-/m1/s1. The van der Waals surface area contributed by atoms with Gasteiger partial charge in [0, 0.05) is 13.1 Å². The van der Waals surface area contributed by atoms with Crippen LogP contribution in [0.1, 0.15) is 10.9 Å². The van der Waals surface area contributed by atoms with Crippen LogP contribution in [0.3, 0.4) is 0 Å². The van der Waals surface area contributed by atoms with Crippen molar-refractivity contribution in [2.24, 2.45) is 0 Å². The van der Waals surface area contributed by atoms with E-state index in [2.05, 4.69) is 0 Å². The molecule has 2 saturated heterocycles. The molecule has 3 rings (SSSR count). The van der Waals surface area contributed by atoms with Gasteiger partial charge in [-0.05, 0) is 17.7 Å². The monoisotopic (exact) mass is 324 g/mol. The van der Waals surface area contributed by atoms with Gasteiger partial charge in [-0.2, -0.15) is 0 Å². The van der Waals surface area contributed by atoms with Crippen LogP contribution in [-0.4, -0.2) is 60.2 Å². The summed E-state index contributed by atoms with van der Waals surface area (Å²) >= 11 is 1.42. The van der Waals surface area contributed by atoms with E-state index in [9.17, 15) is 14.0 Å². The second-order valence-corrected chi connectivity index (χ2v) is 6.30. The van der Waals surface area contributed by atoms with Gasteiger partial charge in [-0.3, -0.25) is 9.59 Å². The molecule has 0 aliphatic carbocycles. The fourth-order valence-corrected chi connectivity index (χ4v) is 3.80. The molecule has 118 valence electrons. The number of rotatable bonds is 3. The van der Waals surface area contributed by atoms with Crippen LogP contribution in [0.15, 0.2) is 24.3 Å². The third-order valence-corrected chi connectivity index (χ3v) is 5.03. The molecule has 1 atom stereocenters. The summed E-state index contributed by atoms with van der Waals surface area (Å²) in [5.41, 5.74) is 0.714. The van der Waals surface area contributed by atoms with Crippen molar-refractivity contribution in [3.8, 4) is 0 Å². The number of carbonyl (C=O) groups is 2. The number of hydrogen-bond donors (Lipinski definition) is 0. The number of nitrogens with zero attached hydrogens (tertiary/aromatic N) is 2. The summed E-state index contributed by atoms with van der Waals surface area (Å²) in [4.78, 5) is 27.7. The van der Waals surface area contributed by atoms with Crippen molar-refractivity contribution in [3.63, 3.8) is 0 Å². The van der Waals surface area contributed by atoms with Gasteiger partial charge < -0.3 is 14.5 Å². The molecular formula is C15H17FN2O3S. The molecule has 0 spiro atoms. The van der Waals surface area contributed by atoms with E-state index in [4.69, 9.17) is 4.74 Å². The Morgan fingerprint density at radius 1 is 1.36 bits per heavy atom. The molecule has 0 bridgehead atoms. The van der Waals surface area contributed by atoms with Gasteiger partial charge in [0.05, 0.1) is 19.0 Å². The van der Waals surface area contributed by atoms with Crippen LogP contribution in [0.25, 0.3) is 0 Å². The number of ether oxygens (including phenoxy) is 1. The molecule has 7 heteroatoms. The van der Waals surface area contributed by atoms with Crippen molar-refractivity contribution >= 4 is 23.6 Å². The lowest BCUT2D eigenvalue weighted by Crippen LogP contribution is -2.46. The van der Waals surface area contributed by atoms with E-state index in [0.717, 1.165) is 0 Å². The lowest BCUT2D eigenvalue weighted by molar-refractivity contribution is -0.141. The van der Waals surface area contributed by atoms with Crippen molar-refractivity contribution in [1.29, 1.82) is 0 Å². The van der Waals surface area contributed by atoms with Gasteiger partial charge in [0.25, 0.3) is 0 Å². The zero-order valence-electron chi connectivity index (χ0n) is 12.0. The van der Waals surface area contributed by atoms with E-state index in [1.807, 2.05) is 0 Å². The predicted octanol–water partition coefficient (Wildman–Crippen LogP) is 1.26. The first-order valence-corrected chi connectivity index (χ1v) is 8.22. The normalized spacial score (nSPS) is 22.2. The molecule has 5 nitrogen and oxygen atoms in total. The highest BCUT2D eigenvalue weighted by molar-refractivity contribution is 8.00. The predicted molar refractivity (Wildman–Crippen MR) is 80.7 cm³/mol. The van der Waals surface area contributed by atoms with Gasteiger partial charge in [0.1, 0.15) is 17.7 Å². The molecule has 1 aromatic rings. The minimum atomic E-state index is -0.336. The lowest BCUT2D eigenvalue weighted by Gasteiger charge is -2.30. The van der Waals surface area contributed by atoms with Crippen LogP contribution in [0.2, 0.25) is 0 Å². The van der Waals surface area contributed by atoms with E-state index < -0.39 is 0 Å². The summed E-state index contributed by atoms with van der Waals surface area (Å²) < 4.78 is 18.6. The molecular weight excluding hydrogens is 307 g/mol. The Morgan fingerprint density at radius 3 is 2.86 bits per heavy atom. The molecule has 2 aliphatic heterocycles. The minimum absolute atomic E-state index is 0.0347. The average Bonchev–Trinajstić information content (AvgIpc) is 2.89. The van der Waals surface area contributed by atoms with E-state index >= 15 is 0 Å². The third kappa shape index (κ3) is 3.25. The van der Waals surface area contributed by atoms with Crippen molar-refractivity contribution in [1.82, 2.24) is 9.80 Å². The Bertz CT molecular complexity index is 578. The van der Waals surface area contributed by atoms with Crippen molar-refractivity contribution in [2.45, 2.75) is 5.37 Å². The van der Waals surface area contributed by atoms with Crippen LogP contribution in [0.5, 0.6) is 0 Å². The fourth-order valence-electron chi connectivity index (χ4n) is 2.62. The Kier molecular flexibility index (Phi) is 4.63. The Balaban J connectivity index is 1.72. The van der Waals surface area contributed by atoms with E-state index in [1.165, 1.54) is 28.8 Å². The molecule has 2 heterocycles. The lowest BCUT2D eigenvalue weighted by atomic mass is 10.2. The Hall–Kier alpha value is -1.60. The highest BCUT2D eigenvalue weighted by atomic mass is 32.2. The number of halogens is 1. The first-order valence-electron chi connectivity index (χ1n) is 7.17. The van der Waals surface area contributed by atoms with Crippen LogP contribution in [0.4, 0.5) is 4.39 Å². The maximum atomic E-state index is 13.4. The van der Waals surface area contributed by atoms with E-state index in [1.54, 1.807) is 17.0 Å². The first-order chi connectivity index (χ1) is 10.6. The van der Waals surface area contributed by atoms with Gasteiger partial charge in [-0.25, -0.2) is 4.39 Å². The number of hydrogen-bond acceptors (Lipinski definition) is 4. The highest BCUT2D eigenvalue weighted by Crippen LogP contribution is 2.38. The number of benzene rings is 1. The zero-order valence-corrected chi connectivity index (χ0v) is 12.9. The summed E-state index contributed by atoms with van der Waals surface area (Å²) in [5.74, 6) is -0.185. The maximum Gasteiger partial charge on any atom is 0.242 e. The SMILES string of the molecule is O=C(CN1C(=O)CS[C@@H]1c1cccc(F)c1)N1CCOCC1. The first kappa shape index (κ1) is 15.3. The van der Waals surface area contributed by atoms with Gasteiger partial charge in [-0.15, -0.1) is 11.8 Å². The number of thioether (sulfide) groups is 1. The molecule has 22 heavy (non-hydrogen) atoms. The Morgan fingerprint density at radius 2 is 2.14 bits per heavy atom. The molecule has 0 N–H and O–H groups in total. The summed E-state index contributed by atoms with van der Waals surface area (Å²) in [5, 5.41) is -0.298. The number of amides is 2. The van der Waals surface area contributed by atoms with Crippen molar-refractivity contribution < 1.29 is 18.7 Å². The van der Waals surface area contributed by atoms with Crippen molar-refractivity contribution in [2.75, 3.05) is 38.6 Å². The van der Waals surface area contributed by atoms with Crippen LogP contribution >= 0.6 is 11.8 Å². The minimum Gasteiger partial charge on any atom is -0.378 e. The van der Waals surface area contributed by atoms with Crippen molar-refractivity contribution in [3.05, 3.63) is 35.6 Å².